The van der Waals surface area contributed by atoms with Crippen LogP contribution >= 0.6 is 27.7 Å². The number of aryl methyl sites for hydroxylation is 2. The summed E-state index contributed by atoms with van der Waals surface area (Å²) in [6.45, 7) is 4.10. The van der Waals surface area contributed by atoms with E-state index < -0.39 is 0 Å². The van der Waals surface area contributed by atoms with E-state index in [-0.39, 0.29) is 0 Å². The predicted octanol–water partition coefficient (Wildman–Crippen LogP) is 4.49. The van der Waals surface area contributed by atoms with E-state index >= 15 is 0 Å². The maximum absolute atomic E-state index is 4.56. The fourth-order valence-electron chi connectivity index (χ4n) is 1.84. The summed E-state index contributed by atoms with van der Waals surface area (Å²) in [6, 6.07) is 8.26. The van der Waals surface area contributed by atoms with Crippen molar-refractivity contribution in [2.75, 3.05) is 0 Å². The maximum atomic E-state index is 4.56. The second-order valence-corrected chi connectivity index (χ2v) is 6.30. The summed E-state index contributed by atoms with van der Waals surface area (Å²) in [6.07, 6.45) is 1.86. The number of benzene rings is 1. The molecule has 0 amide bonds. The molecule has 96 valence electrons. The van der Waals surface area contributed by atoms with Crippen molar-refractivity contribution in [1.29, 1.82) is 0 Å². The van der Waals surface area contributed by atoms with E-state index in [0.29, 0.717) is 0 Å². The van der Waals surface area contributed by atoms with Gasteiger partial charge in [-0.3, -0.25) is 0 Å². The molecule has 1 N–H and O–H groups in total. The summed E-state index contributed by atoms with van der Waals surface area (Å²) in [5.74, 6) is 0. The van der Waals surface area contributed by atoms with Crippen LogP contribution in [0, 0.1) is 13.8 Å². The quantitative estimate of drug-likeness (QED) is 0.751. The zero-order chi connectivity index (χ0) is 13.4. The van der Waals surface area contributed by atoms with E-state index in [4.69, 9.17) is 0 Å². The normalized spacial score (nSPS) is 11.1. The third-order valence-corrected chi connectivity index (χ3v) is 4.53. The Bertz CT molecular complexity index is 752. The van der Waals surface area contributed by atoms with Crippen molar-refractivity contribution in [2.24, 2.45) is 0 Å². The zero-order valence-corrected chi connectivity index (χ0v) is 13.0. The molecular weight excluding hydrogens is 322 g/mol. The van der Waals surface area contributed by atoms with Crippen molar-refractivity contribution in [1.82, 2.24) is 15.0 Å². The van der Waals surface area contributed by atoms with Crippen LogP contribution in [0.25, 0.3) is 11.0 Å². The van der Waals surface area contributed by atoms with Gasteiger partial charge in [-0.1, -0.05) is 6.07 Å². The molecule has 0 aliphatic heterocycles. The fraction of sp³-hybridized carbons (Fsp3) is 0.143. The lowest BCUT2D eigenvalue weighted by Crippen LogP contribution is -1.84. The number of imidazole rings is 1. The lowest BCUT2D eigenvalue weighted by molar-refractivity contribution is 1.04. The van der Waals surface area contributed by atoms with Gasteiger partial charge in [0.25, 0.3) is 0 Å². The number of hydrogen-bond donors (Lipinski definition) is 1. The maximum Gasteiger partial charge on any atom is 0.172 e. The molecule has 0 saturated carbocycles. The molecule has 3 aromatic rings. The summed E-state index contributed by atoms with van der Waals surface area (Å²) >= 11 is 5.06. The Morgan fingerprint density at radius 1 is 1.16 bits per heavy atom. The lowest BCUT2D eigenvalue weighted by atomic mass is 10.2. The molecule has 2 heterocycles. The van der Waals surface area contributed by atoms with E-state index in [1.807, 2.05) is 19.2 Å². The van der Waals surface area contributed by atoms with Crippen LogP contribution in [0.3, 0.4) is 0 Å². The minimum Gasteiger partial charge on any atom is -0.333 e. The Hall–Kier alpha value is -1.33. The standard InChI is InChI=1S/C14H12BrN3S/c1-8-3-4-11-12(6-8)18-14(17-11)19-13-10(15)5-9(2)7-16-13/h3-7H,1-2H3,(H,17,18). The number of aromatic amines is 1. The average molecular weight is 334 g/mol. The molecule has 0 saturated heterocycles. The van der Waals surface area contributed by atoms with Gasteiger partial charge in [0.15, 0.2) is 5.16 Å². The molecule has 0 atom stereocenters. The van der Waals surface area contributed by atoms with Crippen LogP contribution < -0.4 is 0 Å². The molecule has 1 aromatic carbocycles. The van der Waals surface area contributed by atoms with Gasteiger partial charge in [0, 0.05) is 6.20 Å². The molecule has 2 aromatic heterocycles. The van der Waals surface area contributed by atoms with Crippen LogP contribution in [0.2, 0.25) is 0 Å². The minimum atomic E-state index is 0.859. The molecule has 3 nitrogen and oxygen atoms in total. The van der Waals surface area contributed by atoms with Gasteiger partial charge in [0.05, 0.1) is 15.5 Å². The van der Waals surface area contributed by atoms with Crippen molar-refractivity contribution in [3.05, 3.63) is 46.1 Å². The van der Waals surface area contributed by atoms with Crippen LogP contribution in [0.5, 0.6) is 0 Å². The first kappa shape index (κ1) is 12.7. The summed E-state index contributed by atoms with van der Waals surface area (Å²) in [5.41, 5.74) is 4.40. The monoisotopic (exact) mass is 333 g/mol. The number of rotatable bonds is 2. The van der Waals surface area contributed by atoms with Crippen LogP contribution in [0.1, 0.15) is 11.1 Å². The molecular formula is C14H12BrN3S. The molecule has 0 bridgehead atoms. The van der Waals surface area contributed by atoms with Gasteiger partial charge in [0.1, 0.15) is 5.03 Å². The summed E-state index contributed by atoms with van der Waals surface area (Å²) in [5, 5.41) is 1.78. The van der Waals surface area contributed by atoms with Gasteiger partial charge in [-0.25, -0.2) is 9.97 Å². The number of aromatic nitrogens is 3. The van der Waals surface area contributed by atoms with Gasteiger partial charge < -0.3 is 4.98 Å². The van der Waals surface area contributed by atoms with E-state index in [9.17, 15) is 0 Å². The smallest absolute Gasteiger partial charge is 0.172 e. The second-order valence-electron chi connectivity index (χ2n) is 4.46. The SMILES string of the molecule is Cc1cnc(Sc2nc3ccc(C)cc3[nH]2)c(Br)c1. The molecule has 0 aliphatic carbocycles. The highest BCUT2D eigenvalue weighted by molar-refractivity contribution is 9.10. The van der Waals surface area contributed by atoms with Crippen LogP contribution in [0.15, 0.2) is 45.1 Å². The van der Waals surface area contributed by atoms with E-state index in [0.717, 1.165) is 31.3 Å². The van der Waals surface area contributed by atoms with Gasteiger partial charge >= 0.3 is 0 Å². The van der Waals surface area contributed by atoms with E-state index in [2.05, 4.69) is 56.0 Å². The summed E-state index contributed by atoms with van der Waals surface area (Å²) in [4.78, 5) is 12.3. The number of hydrogen-bond acceptors (Lipinski definition) is 3. The first-order valence-corrected chi connectivity index (χ1v) is 7.49. The Morgan fingerprint density at radius 3 is 2.79 bits per heavy atom. The second kappa shape index (κ2) is 4.98. The first-order valence-electron chi connectivity index (χ1n) is 5.88. The third-order valence-electron chi connectivity index (χ3n) is 2.75. The largest absolute Gasteiger partial charge is 0.333 e. The first-order chi connectivity index (χ1) is 9.11. The van der Waals surface area contributed by atoms with Crippen molar-refractivity contribution in [2.45, 2.75) is 24.0 Å². The van der Waals surface area contributed by atoms with Crippen molar-refractivity contribution in [3.8, 4) is 0 Å². The molecule has 0 spiro atoms. The Kier molecular flexibility index (Phi) is 3.33. The number of fused-ring (bicyclic) bond motifs is 1. The highest BCUT2D eigenvalue weighted by Crippen LogP contribution is 2.31. The van der Waals surface area contributed by atoms with Crippen LogP contribution in [0.4, 0.5) is 0 Å². The van der Waals surface area contributed by atoms with E-state index in [1.54, 1.807) is 0 Å². The van der Waals surface area contributed by atoms with Gasteiger partial charge in [-0.05, 0) is 70.9 Å². The fourth-order valence-corrected chi connectivity index (χ4v) is 3.29. The number of nitrogens with zero attached hydrogens (tertiary/aromatic N) is 2. The third kappa shape index (κ3) is 2.67. The molecule has 0 aliphatic rings. The topological polar surface area (TPSA) is 41.6 Å². The number of halogens is 1. The van der Waals surface area contributed by atoms with Crippen molar-refractivity contribution < 1.29 is 0 Å². The highest BCUT2D eigenvalue weighted by atomic mass is 79.9. The molecule has 5 heteroatoms. The van der Waals surface area contributed by atoms with Gasteiger partial charge in [-0.2, -0.15) is 0 Å². The highest BCUT2D eigenvalue weighted by Gasteiger charge is 2.08. The van der Waals surface area contributed by atoms with E-state index in [1.165, 1.54) is 17.3 Å². The summed E-state index contributed by atoms with van der Waals surface area (Å²) in [7, 11) is 0. The number of nitrogens with one attached hydrogen (secondary N) is 1. The molecule has 0 radical (unpaired) electrons. The minimum absolute atomic E-state index is 0.859. The molecule has 0 fully saturated rings. The van der Waals surface area contributed by atoms with Gasteiger partial charge in [0.2, 0.25) is 0 Å². The lowest BCUT2D eigenvalue weighted by Gasteiger charge is -2.01. The van der Waals surface area contributed by atoms with Gasteiger partial charge in [-0.15, -0.1) is 0 Å². The Morgan fingerprint density at radius 2 is 2.00 bits per heavy atom. The Labute approximate surface area is 124 Å². The van der Waals surface area contributed by atoms with Crippen molar-refractivity contribution >= 4 is 38.7 Å². The Balaban J connectivity index is 1.96. The molecule has 0 unspecified atom stereocenters. The molecule has 3 rings (SSSR count). The van der Waals surface area contributed by atoms with Crippen molar-refractivity contribution in [3.63, 3.8) is 0 Å². The predicted molar refractivity (Wildman–Crippen MR) is 81.6 cm³/mol. The summed E-state index contributed by atoms with van der Waals surface area (Å²) < 4.78 is 0.995. The number of pyridine rings is 1. The van der Waals surface area contributed by atoms with Crippen LogP contribution in [-0.2, 0) is 0 Å². The zero-order valence-electron chi connectivity index (χ0n) is 10.6. The number of H-pyrrole nitrogens is 1. The van der Waals surface area contributed by atoms with Crippen LogP contribution in [-0.4, -0.2) is 15.0 Å². The molecule has 19 heavy (non-hydrogen) atoms. The average Bonchev–Trinajstić information content (AvgIpc) is 2.74.